The minimum absolute atomic E-state index is 0.0533. The maximum absolute atomic E-state index is 11.2. The van der Waals surface area contributed by atoms with E-state index in [9.17, 15) is 14.4 Å². The Morgan fingerprint density at radius 1 is 1.11 bits per heavy atom. The quantitative estimate of drug-likeness (QED) is 0.532. The summed E-state index contributed by atoms with van der Waals surface area (Å²) >= 11 is 0. The number of rotatable bonds is 7. The highest BCUT2D eigenvalue weighted by molar-refractivity contribution is 5.91. The van der Waals surface area contributed by atoms with Gasteiger partial charge in [-0.1, -0.05) is 6.92 Å². The van der Waals surface area contributed by atoms with Crippen molar-refractivity contribution < 1.29 is 23.9 Å². The largest absolute Gasteiger partial charge is 0.463 e. The highest BCUT2D eigenvalue weighted by Crippen LogP contribution is 1.90. The van der Waals surface area contributed by atoms with Crippen LogP contribution in [-0.2, 0) is 23.9 Å². The van der Waals surface area contributed by atoms with Gasteiger partial charge >= 0.3 is 11.9 Å². The third kappa shape index (κ3) is 8.32. The molecule has 0 aliphatic rings. The van der Waals surface area contributed by atoms with E-state index in [0.29, 0.717) is 6.42 Å². The van der Waals surface area contributed by atoms with Gasteiger partial charge in [0.05, 0.1) is 12.6 Å². The van der Waals surface area contributed by atoms with E-state index in [4.69, 9.17) is 4.74 Å². The summed E-state index contributed by atoms with van der Waals surface area (Å²) in [7, 11) is 0. The second-order valence-electron chi connectivity index (χ2n) is 3.54. The van der Waals surface area contributed by atoms with Gasteiger partial charge in [-0.25, -0.2) is 9.59 Å². The van der Waals surface area contributed by atoms with Crippen LogP contribution in [0.5, 0.6) is 0 Å². The van der Waals surface area contributed by atoms with Crippen LogP contribution in [0.15, 0.2) is 12.2 Å². The summed E-state index contributed by atoms with van der Waals surface area (Å²) in [4.78, 5) is 33.1. The van der Waals surface area contributed by atoms with Crippen LogP contribution in [0.4, 0.5) is 0 Å². The van der Waals surface area contributed by atoms with Crippen molar-refractivity contribution in [1.29, 1.82) is 0 Å². The van der Waals surface area contributed by atoms with Gasteiger partial charge in [0.25, 0.3) is 0 Å². The minimum atomic E-state index is -0.652. The fourth-order valence-corrected chi connectivity index (χ4v) is 1.00. The van der Waals surface area contributed by atoms with Gasteiger partial charge in [-0.05, 0) is 13.8 Å². The smallest absolute Gasteiger partial charge is 0.331 e. The van der Waals surface area contributed by atoms with E-state index < -0.39 is 11.9 Å². The number of ether oxygens (including phenoxy) is 2. The molecule has 0 aromatic carbocycles. The zero-order valence-electron chi connectivity index (χ0n) is 10.9. The number of esters is 2. The standard InChI is InChI=1S/C12H19NO5/c1-4-10(14)13-9(3)8-18-12(16)7-6-11(15)17-5-2/h6-7,9H,4-5,8H2,1-3H3,(H,13,14)/b7-6+. The molecule has 0 radical (unpaired) electrons. The number of hydrogen-bond donors (Lipinski definition) is 1. The van der Waals surface area contributed by atoms with E-state index in [1.54, 1.807) is 20.8 Å². The molecular formula is C12H19NO5. The maximum Gasteiger partial charge on any atom is 0.331 e. The Morgan fingerprint density at radius 3 is 2.17 bits per heavy atom. The summed E-state index contributed by atoms with van der Waals surface area (Å²) in [5.74, 6) is -1.36. The summed E-state index contributed by atoms with van der Waals surface area (Å²) < 4.78 is 9.42. The van der Waals surface area contributed by atoms with Crippen molar-refractivity contribution in [2.45, 2.75) is 33.2 Å². The monoisotopic (exact) mass is 257 g/mol. The van der Waals surface area contributed by atoms with Crippen LogP contribution in [0, 0.1) is 0 Å². The third-order valence-corrected chi connectivity index (χ3v) is 1.85. The lowest BCUT2D eigenvalue weighted by molar-refractivity contribution is -0.140. The van der Waals surface area contributed by atoms with E-state index in [1.165, 1.54) is 0 Å². The first-order chi connectivity index (χ1) is 8.49. The molecule has 0 heterocycles. The number of carbonyl (C=O) groups excluding carboxylic acids is 3. The van der Waals surface area contributed by atoms with E-state index >= 15 is 0 Å². The van der Waals surface area contributed by atoms with Crippen molar-refractivity contribution in [3.05, 3.63) is 12.2 Å². The first kappa shape index (κ1) is 16.1. The van der Waals surface area contributed by atoms with E-state index in [-0.39, 0.29) is 25.2 Å². The molecule has 1 atom stereocenters. The fraction of sp³-hybridized carbons (Fsp3) is 0.583. The number of nitrogens with one attached hydrogen (secondary N) is 1. The Bertz CT molecular complexity index is 324. The molecule has 6 nitrogen and oxygen atoms in total. The lowest BCUT2D eigenvalue weighted by Gasteiger charge is -2.12. The molecule has 0 aromatic heterocycles. The predicted octanol–water partition coefficient (Wildman–Crippen LogP) is 0.564. The average molecular weight is 257 g/mol. The molecule has 6 heteroatoms. The first-order valence-electron chi connectivity index (χ1n) is 5.80. The van der Waals surface area contributed by atoms with Gasteiger partial charge < -0.3 is 14.8 Å². The van der Waals surface area contributed by atoms with E-state index in [1.807, 2.05) is 0 Å². The maximum atomic E-state index is 11.2. The topological polar surface area (TPSA) is 81.7 Å². The Balaban J connectivity index is 3.89. The Kier molecular flexibility index (Phi) is 8.26. The third-order valence-electron chi connectivity index (χ3n) is 1.85. The molecule has 0 fully saturated rings. The molecule has 0 rings (SSSR count). The first-order valence-corrected chi connectivity index (χ1v) is 5.80. The summed E-state index contributed by atoms with van der Waals surface area (Å²) in [6.07, 6.45) is 2.37. The summed E-state index contributed by atoms with van der Waals surface area (Å²) in [6, 6.07) is -0.266. The molecule has 1 N–H and O–H groups in total. The average Bonchev–Trinajstić information content (AvgIpc) is 2.34. The molecule has 0 spiro atoms. The van der Waals surface area contributed by atoms with Crippen LogP contribution in [0.3, 0.4) is 0 Å². The number of amides is 1. The van der Waals surface area contributed by atoms with Crippen LogP contribution in [-0.4, -0.2) is 37.1 Å². The van der Waals surface area contributed by atoms with Crippen molar-refractivity contribution in [2.24, 2.45) is 0 Å². The second kappa shape index (κ2) is 9.21. The van der Waals surface area contributed by atoms with Crippen molar-refractivity contribution >= 4 is 17.8 Å². The van der Waals surface area contributed by atoms with Gasteiger partial charge in [0.15, 0.2) is 0 Å². The van der Waals surface area contributed by atoms with Gasteiger partial charge in [0.2, 0.25) is 5.91 Å². The molecule has 0 saturated heterocycles. The summed E-state index contributed by atoms with van der Waals surface area (Å²) in [5.41, 5.74) is 0. The zero-order valence-corrected chi connectivity index (χ0v) is 10.9. The van der Waals surface area contributed by atoms with Crippen LogP contribution in [0.2, 0.25) is 0 Å². The van der Waals surface area contributed by atoms with Crippen LogP contribution in [0.1, 0.15) is 27.2 Å². The molecule has 0 aromatic rings. The molecule has 0 saturated carbocycles. The Morgan fingerprint density at radius 2 is 1.67 bits per heavy atom. The zero-order chi connectivity index (χ0) is 14.0. The Labute approximate surface area is 106 Å². The molecule has 1 unspecified atom stereocenters. The number of carbonyl (C=O) groups is 3. The molecule has 0 bridgehead atoms. The fourth-order valence-electron chi connectivity index (χ4n) is 1.00. The SMILES string of the molecule is CCOC(=O)/C=C/C(=O)OCC(C)NC(=O)CC. The van der Waals surface area contributed by atoms with Crippen LogP contribution >= 0.6 is 0 Å². The Hall–Kier alpha value is -1.85. The van der Waals surface area contributed by atoms with Crippen molar-refractivity contribution in [3.63, 3.8) is 0 Å². The molecule has 0 aliphatic carbocycles. The van der Waals surface area contributed by atoms with Crippen LogP contribution < -0.4 is 5.32 Å². The van der Waals surface area contributed by atoms with E-state index in [0.717, 1.165) is 12.2 Å². The second-order valence-corrected chi connectivity index (χ2v) is 3.54. The predicted molar refractivity (Wildman–Crippen MR) is 64.6 cm³/mol. The van der Waals surface area contributed by atoms with Gasteiger partial charge in [-0.15, -0.1) is 0 Å². The van der Waals surface area contributed by atoms with Crippen molar-refractivity contribution in [1.82, 2.24) is 5.32 Å². The summed E-state index contributed by atoms with van der Waals surface area (Å²) in [6.45, 7) is 5.42. The van der Waals surface area contributed by atoms with Crippen molar-refractivity contribution in [2.75, 3.05) is 13.2 Å². The van der Waals surface area contributed by atoms with E-state index in [2.05, 4.69) is 10.1 Å². The highest BCUT2D eigenvalue weighted by atomic mass is 16.5. The lowest BCUT2D eigenvalue weighted by atomic mass is 10.3. The molecule has 1 amide bonds. The van der Waals surface area contributed by atoms with Gasteiger partial charge in [-0.2, -0.15) is 0 Å². The molecule has 102 valence electrons. The normalized spacial score (nSPS) is 11.9. The van der Waals surface area contributed by atoms with Gasteiger partial charge in [0.1, 0.15) is 6.61 Å². The van der Waals surface area contributed by atoms with Crippen molar-refractivity contribution in [3.8, 4) is 0 Å². The summed E-state index contributed by atoms with van der Waals surface area (Å²) in [5, 5.41) is 2.64. The van der Waals surface area contributed by atoms with Gasteiger partial charge in [-0.3, -0.25) is 4.79 Å². The molecule has 18 heavy (non-hydrogen) atoms. The number of hydrogen-bond acceptors (Lipinski definition) is 5. The molecular weight excluding hydrogens is 238 g/mol. The van der Waals surface area contributed by atoms with Gasteiger partial charge in [0, 0.05) is 18.6 Å². The molecule has 0 aliphatic heterocycles. The lowest BCUT2D eigenvalue weighted by Crippen LogP contribution is -2.35. The highest BCUT2D eigenvalue weighted by Gasteiger charge is 2.07. The minimum Gasteiger partial charge on any atom is -0.463 e. The van der Waals surface area contributed by atoms with Crippen LogP contribution in [0.25, 0.3) is 0 Å².